The van der Waals surface area contributed by atoms with E-state index in [4.69, 9.17) is 4.74 Å². The normalized spacial score (nSPS) is 46.7. The van der Waals surface area contributed by atoms with E-state index >= 15 is 0 Å². The Balaban J connectivity index is 1.65. The van der Waals surface area contributed by atoms with Crippen LogP contribution in [-0.4, -0.2) is 24.3 Å². The Bertz CT molecular complexity index is 568. The summed E-state index contributed by atoms with van der Waals surface area (Å²) < 4.78 is 6.21. The fourth-order valence-electron chi connectivity index (χ4n) is 7.22. The van der Waals surface area contributed by atoms with E-state index in [-0.39, 0.29) is 16.9 Å². The molecule has 4 saturated carbocycles. The number of rotatable bonds is 3. The van der Waals surface area contributed by atoms with Gasteiger partial charge in [0.15, 0.2) is 0 Å². The van der Waals surface area contributed by atoms with E-state index in [0.717, 1.165) is 58.0 Å². The van der Waals surface area contributed by atoms with Gasteiger partial charge in [0, 0.05) is 30.1 Å². The molecule has 4 fully saturated rings. The third-order valence-corrected chi connectivity index (χ3v) is 8.57. The number of ketones is 2. The van der Waals surface area contributed by atoms with Gasteiger partial charge in [-0.25, -0.2) is 0 Å². The minimum atomic E-state index is -0.0570. The average Bonchev–Trinajstić information content (AvgIpc) is 2.88. The van der Waals surface area contributed by atoms with E-state index in [1.54, 1.807) is 0 Å². The number of Topliss-reactive ketones (excluding diaryl/α,β-unsaturated/α-hetero) is 2. The van der Waals surface area contributed by atoms with Crippen LogP contribution in [0.25, 0.3) is 0 Å². The standard InChI is InChI=1S/C22H34O3/c1-14(2)25-13-22-11-8-16(23)12-15(22)4-5-17-18-6-7-20(24)21(18,3)10-9-19(17)22/h14-15,17-19H,4-13H2,1-3H3/t15-,17+,18+,19+,21+,22-/m1/s1. The maximum Gasteiger partial charge on any atom is 0.139 e. The molecule has 0 aromatic heterocycles. The van der Waals surface area contributed by atoms with Gasteiger partial charge in [0.2, 0.25) is 0 Å². The summed E-state index contributed by atoms with van der Waals surface area (Å²) in [6, 6.07) is 0. The van der Waals surface area contributed by atoms with E-state index < -0.39 is 0 Å². The lowest BCUT2D eigenvalue weighted by molar-refractivity contribution is -0.163. The topological polar surface area (TPSA) is 43.4 Å². The Kier molecular flexibility index (Phi) is 4.38. The van der Waals surface area contributed by atoms with E-state index in [1.807, 2.05) is 0 Å². The molecule has 3 nitrogen and oxygen atoms in total. The summed E-state index contributed by atoms with van der Waals surface area (Å²) in [5.74, 6) is 3.39. The summed E-state index contributed by atoms with van der Waals surface area (Å²) in [7, 11) is 0. The molecule has 0 unspecified atom stereocenters. The third-order valence-electron chi connectivity index (χ3n) is 8.57. The van der Waals surface area contributed by atoms with Crippen LogP contribution in [0.15, 0.2) is 0 Å². The number of fused-ring (bicyclic) bond motifs is 5. The SMILES string of the molecule is CC(C)OC[C@]12CCC(=O)C[C@H]1CC[C@@H]1[C@@H]2CC[C@]2(C)C(=O)CC[C@@H]12. The van der Waals surface area contributed by atoms with Gasteiger partial charge in [0.05, 0.1) is 12.7 Å². The lowest BCUT2D eigenvalue weighted by Gasteiger charge is -2.60. The molecule has 0 heterocycles. The first kappa shape index (κ1) is 17.7. The Morgan fingerprint density at radius 1 is 1.04 bits per heavy atom. The smallest absolute Gasteiger partial charge is 0.139 e. The average molecular weight is 347 g/mol. The van der Waals surface area contributed by atoms with Gasteiger partial charge in [-0.1, -0.05) is 6.92 Å². The fraction of sp³-hybridized carbons (Fsp3) is 0.909. The van der Waals surface area contributed by atoms with Crippen LogP contribution in [0.1, 0.15) is 78.6 Å². The summed E-state index contributed by atoms with van der Waals surface area (Å²) in [6.45, 7) is 7.30. The van der Waals surface area contributed by atoms with Crippen LogP contribution in [0.5, 0.6) is 0 Å². The summed E-state index contributed by atoms with van der Waals surface area (Å²) in [6.07, 6.45) is 9.26. The zero-order valence-corrected chi connectivity index (χ0v) is 16.2. The first-order valence-electron chi connectivity index (χ1n) is 10.5. The molecule has 0 spiro atoms. The minimum absolute atomic E-state index is 0.0570. The Labute approximate surface area is 152 Å². The van der Waals surface area contributed by atoms with Gasteiger partial charge in [-0.3, -0.25) is 9.59 Å². The zero-order valence-electron chi connectivity index (χ0n) is 16.2. The van der Waals surface area contributed by atoms with Gasteiger partial charge in [0.25, 0.3) is 0 Å². The van der Waals surface area contributed by atoms with Crippen molar-refractivity contribution in [2.75, 3.05) is 6.61 Å². The minimum Gasteiger partial charge on any atom is -0.378 e. The third kappa shape index (κ3) is 2.64. The maximum atomic E-state index is 12.6. The number of hydrogen-bond donors (Lipinski definition) is 0. The van der Waals surface area contributed by atoms with Crippen LogP contribution in [0.2, 0.25) is 0 Å². The van der Waals surface area contributed by atoms with Crippen LogP contribution in [0.3, 0.4) is 0 Å². The molecule has 0 radical (unpaired) electrons. The molecular weight excluding hydrogens is 312 g/mol. The lowest BCUT2D eigenvalue weighted by Crippen LogP contribution is -2.56. The van der Waals surface area contributed by atoms with E-state index in [0.29, 0.717) is 35.2 Å². The second-order valence-electron chi connectivity index (χ2n) is 9.90. The van der Waals surface area contributed by atoms with Crippen molar-refractivity contribution in [2.24, 2.45) is 34.5 Å². The predicted octanol–water partition coefficient (Wildman–Crippen LogP) is 4.57. The highest BCUT2D eigenvalue weighted by Crippen LogP contribution is 2.65. The molecule has 0 amide bonds. The maximum absolute atomic E-state index is 12.6. The van der Waals surface area contributed by atoms with Crippen LogP contribution in [0, 0.1) is 34.5 Å². The summed E-state index contributed by atoms with van der Waals surface area (Å²) in [4.78, 5) is 24.7. The predicted molar refractivity (Wildman–Crippen MR) is 97.2 cm³/mol. The molecule has 3 heteroatoms. The Hall–Kier alpha value is -0.700. The summed E-state index contributed by atoms with van der Waals surface area (Å²) in [5.41, 5.74) is 0.132. The molecule has 25 heavy (non-hydrogen) atoms. The summed E-state index contributed by atoms with van der Waals surface area (Å²) in [5, 5.41) is 0. The molecular formula is C22H34O3. The van der Waals surface area contributed by atoms with Crippen molar-refractivity contribution in [2.45, 2.75) is 84.7 Å². The highest BCUT2D eigenvalue weighted by molar-refractivity contribution is 5.87. The van der Waals surface area contributed by atoms with Crippen LogP contribution in [0.4, 0.5) is 0 Å². The molecule has 0 N–H and O–H groups in total. The lowest BCUT2D eigenvalue weighted by atomic mass is 9.45. The largest absolute Gasteiger partial charge is 0.378 e. The molecule has 0 saturated heterocycles. The molecule has 0 aliphatic heterocycles. The van der Waals surface area contributed by atoms with Gasteiger partial charge in [0.1, 0.15) is 11.6 Å². The van der Waals surface area contributed by atoms with E-state index in [9.17, 15) is 9.59 Å². The van der Waals surface area contributed by atoms with Gasteiger partial charge in [-0.15, -0.1) is 0 Å². The Morgan fingerprint density at radius 3 is 2.60 bits per heavy atom. The van der Waals surface area contributed by atoms with Crippen LogP contribution >= 0.6 is 0 Å². The highest BCUT2D eigenvalue weighted by atomic mass is 16.5. The molecule has 0 aromatic carbocycles. The van der Waals surface area contributed by atoms with Gasteiger partial charge in [-0.2, -0.15) is 0 Å². The van der Waals surface area contributed by atoms with Crippen molar-refractivity contribution >= 4 is 11.6 Å². The molecule has 4 rings (SSSR count). The number of hydrogen-bond acceptors (Lipinski definition) is 3. The van der Waals surface area contributed by atoms with E-state index in [2.05, 4.69) is 20.8 Å². The highest BCUT2D eigenvalue weighted by Gasteiger charge is 2.61. The molecule has 4 aliphatic rings. The molecule has 6 atom stereocenters. The van der Waals surface area contributed by atoms with Gasteiger partial charge >= 0.3 is 0 Å². The van der Waals surface area contributed by atoms with Crippen LogP contribution < -0.4 is 0 Å². The van der Waals surface area contributed by atoms with Gasteiger partial charge < -0.3 is 4.74 Å². The van der Waals surface area contributed by atoms with E-state index in [1.165, 1.54) is 6.42 Å². The monoisotopic (exact) mass is 346 g/mol. The van der Waals surface area contributed by atoms with Crippen molar-refractivity contribution in [1.29, 1.82) is 0 Å². The quantitative estimate of drug-likeness (QED) is 0.751. The molecule has 0 bridgehead atoms. The Morgan fingerprint density at radius 2 is 1.84 bits per heavy atom. The first-order valence-corrected chi connectivity index (χ1v) is 10.5. The van der Waals surface area contributed by atoms with Gasteiger partial charge in [-0.05, 0) is 76.0 Å². The molecule has 140 valence electrons. The van der Waals surface area contributed by atoms with Crippen molar-refractivity contribution in [3.05, 3.63) is 0 Å². The molecule has 0 aromatic rings. The number of ether oxygens (including phenoxy) is 1. The fourth-order valence-corrected chi connectivity index (χ4v) is 7.22. The molecule has 4 aliphatic carbocycles. The van der Waals surface area contributed by atoms with Crippen molar-refractivity contribution in [1.82, 2.24) is 0 Å². The second-order valence-corrected chi connectivity index (χ2v) is 9.90. The van der Waals surface area contributed by atoms with Crippen molar-refractivity contribution in [3.63, 3.8) is 0 Å². The van der Waals surface area contributed by atoms with Crippen molar-refractivity contribution in [3.8, 4) is 0 Å². The zero-order chi connectivity index (χ0) is 17.8. The van der Waals surface area contributed by atoms with Crippen molar-refractivity contribution < 1.29 is 14.3 Å². The number of carbonyl (C=O) groups excluding carboxylic acids is 2. The summed E-state index contributed by atoms with van der Waals surface area (Å²) >= 11 is 0. The van der Waals surface area contributed by atoms with Crippen LogP contribution in [-0.2, 0) is 14.3 Å². The second kappa shape index (κ2) is 6.18. The first-order chi connectivity index (χ1) is 11.9. The number of carbonyl (C=O) groups is 2.